The average molecular weight is 412 g/mol. The van der Waals surface area contributed by atoms with Crippen LogP contribution in [0.2, 0.25) is 0 Å². The Morgan fingerprint density at radius 1 is 1.00 bits per heavy atom. The maximum atomic E-state index is 12.5. The molecule has 2 amide bonds. The number of halogens is 1. The molecule has 1 aliphatic heterocycles. The molecule has 1 aromatic heterocycles. The summed E-state index contributed by atoms with van der Waals surface area (Å²) in [6.45, 7) is 1.47. The molecular formula is C22H22ClN3O3. The van der Waals surface area contributed by atoms with Crippen molar-refractivity contribution in [2.45, 2.75) is 18.8 Å². The van der Waals surface area contributed by atoms with Gasteiger partial charge in [0.05, 0.1) is 11.4 Å². The average Bonchev–Trinajstić information content (AvgIpc) is 2.76. The van der Waals surface area contributed by atoms with Crippen molar-refractivity contribution >= 4 is 35.7 Å². The fourth-order valence-corrected chi connectivity index (χ4v) is 3.35. The van der Waals surface area contributed by atoms with Crippen LogP contribution in [0.25, 0.3) is 12.2 Å². The maximum absolute atomic E-state index is 12.5. The van der Waals surface area contributed by atoms with Crippen LogP contribution in [0.5, 0.6) is 0 Å². The quantitative estimate of drug-likeness (QED) is 0.350. The van der Waals surface area contributed by atoms with Gasteiger partial charge in [0.2, 0.25) is 5.91 Å². The molecule has 6 nitrogen and oxygen atoms in total. The van der Waals surface area contributed by atoms with Crippen molar-refractivity contribution < 1.29 is 14.8 Å². The first kappa shape index (κ1) is 20.8. The molecule has 0 atom stereocenters. The van der Waals surface area contributed by atoms with Crippen LogP contribution in [0.3, 0.4) is 0 Å². The molecule has 0 saturated carbocycles. The van der Waals surface area contributed by atoms with Gasteiger partial charge in [0.1, 0.15) is 0 Å². The molecule has 1 fully saturated rings. The van der Waals surface area contributed by atoms with Gasteiger partial charge < -0.3 is 4.90 Å². The maximum Gasteiger partial charge on any atom is 0.285 e. The number of benzene rings is 1. The van der Waals surface area contributed by atoms with Crippen LogP contribution in [0.1, 0.15) is 35.7 Å². The van der Waals surface area contributed by atoms with Gasteiger partial charge in [-0.15, -0.1) is 4.58 Å². The zero-order valence-corrected chi connectivity index (χ0v) is 16.6. The molecule has 2 aromatic rings. The standard InChI is InChI=1S/C22H22ClN3O3/c23-26(29)22(28)12-10-20-8-4-7-19(24-20)9-11-21(27)25-15-13-18(14-16-25)17-5-2-1-3-6-17/h1-12,18,29H,13-16H2/b11-9+,12-10+. The molecule has 29 heavy (non-hydrogen) atoms. The first-order valence-electron chi connectivity index (χ1n) is 9.39. The third kappa shape index (κ3) is 6.01. The summed E-state index contributed by atoms with van der Waals surface area (Å²) in [4.78, 5) is 30.0. The third-order valence-corrected chi connectivity index (χ3v) is 5.01. The van der Waals surface area contributed by atoms with Crippen LogP contribution >= 0.6 is 11.8 Å². The van der Waals surface area contributed by atoms with Gasteiger partial charge in [0.25, 0.3) is 5.91 Å². The molecule has 1 N–H and O–H groups in total. The molecule has 0 unspecified atom stereocenters. The zero-order chi connectivity index (χ0) is 20.6. The Kier molecular flexibility index (Phi) is 7.16. The van der Waals surface area contributed by atoms with E-state index in [2.05, 4.69) is 29.2 Å². The summed E-state index contributed by atoms with van der Waals surface area (Å²) in [5.74, 6) is -0.309. The van der Waals surface area contributed by atoms with Gasteiger partial charge in [0, 0.05) is 37.0 Å². The number of hydrogen-bond donors (Lipinski definition) is 1. The van der Waals surface area contributed by atoms with Gasteiger partial charge >= 0.3 is 0 Å². The Morgan fingerprint density at radius 3 is 2.24 bits per heavy atom. The van der Waals surface area contributed by atoms with Gasteiger partial charge in [-0.1, -0.05) is 36.4 Å². The minimum atomic E-state index is -0.775. The van der Waals surface area contributed by atoms with Crippen molar-refractivity contribution in [3.8, 4) is 0 Å². The zero-order valence-electron chi connectivity index (χ0n) is 15.8. The Hall–Kier alpha value is -2.96. The lowest BCUT2D eigenvalue weighted by atomic mass is 9.89. The lowest BCUT2D eigenvalue weighted by Crippen LogP contribution is -2.36. The molecule has 7 heteroatoms. The van der Waals surface area contributed by atoms with Crippen molar-refractivity contribution in [2.24, 2.45) is 0 Å². The number of rotatable bonds is 5. The number of likely N-dealkylation sites (tertiary alicyclic amines) is 1. The minimum absolute atomic E-state index is 0.0279. The van der Waals surface area contributed by atoms with Gasteiger partial charge in [0.15, 0.2) is 0 Å². The molecule has 1 aromatic carbocycles. The predicted molar refractivity (Wildman–Crippen MR) is 112 cm³/mol. The number of hydroxylamine groups is 1. The number of nitrogens with zero attached hydrogens (tertiary/aromatic N) is 3. The Bertz CT molecular complexity index is 905. The lowest BCUT2D eigenvalue weighted by Gasteiger charge is -2.31. The summed E-state index contributed by atoms with van der Waals surface area (Å²) < 4.78 is -0.0279. The summed E-state index contributed by atoms with van der Waals surface area (Å²) in [6.07, 6.45) is 7.63. The van der Waals surface area contributed by atoms with Crippen LogP contribution < -0.4 is 0 Å². The summed E-state index contributed by atoms with van der Waals surface area (Å²) >= 11 is 5.14. The molecule has 0 spiro atoms. The smallest absolute Gasteiger partial charge is 0.285 e. The molecule has 2 heterocycles. The predicted octanol–water partition coefficient (Wildman–Crippen LogP) is 3.89. The highest BCUT2D eigenvalue weighted by Crippen LogP contribution is 2.27. The van der Waals surface area contributed by atoms with Crippen LogP contribution in [0, 0.1) is 0 Å². The number of pyridine rings is 1. The van der Waals surface area contributed by atoms with Gasteiger partial charge in [-0.25, -0.2) is 4.98 Å². The van der Waals surface area contributed by atoms with Gasteiger partial charge in [-0.2, -0.15) is 0 Å². The topological polar surface area (TPSA) is 73.7 Å². The van der Waals surface area contributed by atoms with E-state index in [1.54, 1.807) is 24.3 Å². The van der Waals surface area contributed by atoms with E-state index in [0.29, 0.717) is 17.3 Å². The second kappa shape index (κ2) is 10.0. The van der Waals surface area contributed by atoms with Crippen molar-refractivity contribution in [1.29, 1.82) is 0 Å². The first-order chi connectivity index (χ1) is 14.0. The van der Waals surface area contributed by atoms with Crippen molar-refractivity contribution in [3.63, 3.8) is 0 Å². The Labute approximate surface area is 174 Å². The highest BCUT2D eigenvalue weighted by Gasteiger charge is 2.22. The second-order valence-corrected chi connectivity index (χ2v) is 7.08. The molecular weight excluding hydrogens is 390 g/mol. The largest absolute Gasteiger partial charge is 0.339 e. The normalized spacial score (nSPS) is 15.2. The van der Waals surface area contributed by atoms with E-state index in [-0.39, 0.29) is 10.5 Å². The summed E-state index contributed by atoms with van der Waals surface area (Å²) in [6, 6.07) is 15.7. The molecule has 0 aliphatic carbocycles. The molecule has 0 bridgehead atoms. The number of aromatic nitrogens is 1. The number of hydrogen-bond acceptors (Lipinski definition) is 4. The number of piperidine rings is 1. The van der Waals surface area contributed by atoms with E-state index in [1.807, 2.05) is 11.0 Å². The molecule has 1 aliphatic rings. The van der Waals surface area contributed by atoms with Crippen LogP contribution in [0.15, 0.2) is 60.7 Å². The Morgan fingerprint density at radius 2 is 1.62 bits per heavy atom. The van der Waals surface area contributed by atoms with Crippen LogP contribution in [0.4, 0.5) is 0 Å². The molecule has 0 radical (unpaired) electrons. The number of amides is 2. The second-order valence-electron chi connectivity index (χ2n) is 6.76. The fourth-order valence-electron chi connectivity index (χ4n) is 3.29. The highest BCUT2D eigenvalue weighted by molar-refractivity contribution is 6.22. The molecule has 3 rings (SSSR count). The molecule has 1 saturated heterocycles. The lowest BCUT2D eigenvalue weighted by molar-refractivity contribution is -0.140. The van der Waals surface area contributed by atoms with Crippen LogP contribution in [-0.2, 0) is 9.59 Å². The third-order valence-electron chi connectivity index (χ3n) is 4.84. The van der Waals surface area contributed by atoms with Crippen LogP contribution in [-0.4, -0.2) is 44.6 Å². The monoisotopic (exact) mass is 411 g/mol. The summed E-state index contributed by atoms with van der Waals surface area (Å²) in [7, 11) is 0. The molecule has 150 valence electrons. The summed E-state index contributed by atoms with van der Waals surface area (Å²) in [5, 5.41) is 8.83. The van der Waals surface area contributed by atoms with E-state index in [9.17, 15) is 9.59 Å². The summed E-state index contributed by atoms with van der Waals surface area (Å²) in [5.41, 5.74) is 2.44. The number of carbonyl (C=O) groups is 2. The van der Waals surface area contributed by atoms with Crippen molar-refractivity contribution in [1.82, 2.24) is 14.5 Å². The Balaban J connectivity index is 1.56. The van der Waals surface area contributed by atoms with E-state index < -0.39 is 5.91 Å². The van der Waals surface area contributed by atoms with Crippen molar-refractivity contribution in [3.05, 3.63) is 77.6 Å². The van der Waals surface area contributed by atoms with E-state index in [4.69, 9.17) is 17.0 Å². The van der Waals surface area contributed by atoms with Gasteiger partial charge in [-0.3, -0.25) is 14.8 Å². The SMILES string of the molecule is O=C(/C=C/c1cccc(/C=C/C(=O)N2CCC(c3ccccc3)CC2)n1)N(O)Cl. The minimum Gasteiger partial charge on any atom is -0.339 e. The van der Waals surface area contributed by atoms with Crippen molar-refractivity contribution in [2.75, 3.05) is 13.1 Å². The number of carbonyl (C=O) groups excluding carboxylic acids is 2. The highest BCUT2D eigenvalue weighted by atomic mass is 35.5. The van der Waals surface area contributed by atoms with E-state index >= 15 is 0 Å². The first-order valence-corrected chi connectivity index (χ1v) is 9.72. The van der Waals surface area contributed by atoms with E-state index in [0.717, 1.165) is 32.0 Å². The van der Waals surface area contributed by atoms with Gasteiger partial charge in [-0.05, 0) is 48.6 Å². The fraction of sp³-hybridized carbons (Fsp3) is 0.227. The van der Waals surface area contributed by atoms with E-state index in [1.165, 1.54) is 17.7 Å².